The first-order valence-electron chi connectivity index (χ1n) is 9.34. The molecule has 1 aromatic heterocycles. The topological polar surface area (TPSA) is 47.4 Å². The summed E-state index contributed by atoms with van der Waals surface area (Å²) in [6.07, 6.45) is 6.85. The van der Waals surface area contributed by atoms with Crippen LogP contribution in [0.1, 0.15) is 25.6 Å². The maximum Gasteiger partial charge on any atom is 0.242 e. The third-order valence-corrected chi connectivity index (χ3v) is 5.92. The summed E-state index contributed by atoms with van der Waals surface area (Å²) < 4.78 is 8.16. The normalized spacial score (nSPS) is 24.7. The van der Waals surface area contributed by atoms with E-state index in [1.54, 1.807) is 6.20 Å². The smallest absolute Gasteiger partial charge is 0.242 e. The lowest BCUT2D eigenvalue weighted by molar-refractivity contribution is -0.131. The lowest BCUT2D eigenvalue weighted by Crippen LogP contribution is -2.34. The van der Waals surface area contributed by atoms with Crippen molar-refractivity contribution < 1.29 is 9.53 Å². The number of aryl methyl sites for hydroxylation is 1. The number of hydrogen-bond donors (Lipinski definition) is 0. The van der Waals surface area contributed by atoms with E-state index in [2.05, 4.69) is 11.9 Å². The van der Waals surface area contributed by atoms with Gasteiger partial charge in [0.05, 0.1) is 0 Å². The Balaban J connectivity index is 1.38. The molecular formula is C20H24ClN3O2. The summed E-state index contributed by atoms with van der Waals surface area (Å²) in [6.45, 7) is 4.08. The molecular weight excluding hydrogens is 350 g/mol. The van der Waals surface area contributed by atoms with Gasteiger partial charge in [0.15, 0.2) is 0 Å². The molecule has 1 amide bonds. The highest BCUT2D eigenvalue weighted by Gasteiger charge is 2.45. The molecule has 0 spiro atoms. The van der Waals surface area contributed by atoms with Crippen molar-refractivity contribution in [3.8, 4) is 5.75 Å². The number of hydrogen-bond acceptors (Lipinski definition) is 3. The predicted molar refractivity (Wildman–Crippen MR) is 100 cm³/mol. The monoisotopic (exact) mass is 373 g/mol. The van der Waals surface area contributed by atoms with Gasteiger partial charge in [-0.25, -0.2) is 4.98 Å². The van der Waals surface area contributed by atoms with Gasteiger partial charge in [-0.3, -0.25) is 4.79 Å². The Hall–Kier alpha value is -2.01. The minimum atomic E-state index is 0.178. The second-order valence-corrected chi connectivity index (χ2v) is 7.67. The minimum absolute atomic E-state index is 0.178. The number of ether oxygens (including phenoxy) is 1. The van der Waals surface area contributed by atoms with Gasteiger partial charge in [-0.2, -0.15) is 0 Å². The third-order valence-electron chi connectivity index (χ3n) is 5.67. The van der Waals surface area contributed by atoms with E-state index in [0.29, 0.717) is 23.4 Å². The Bertz CT molecular complexity index is 774. The van der Waals surface area contributed by atoms with Gasteiger partial charge in [0.1, 0.15) is 24.2 Å². The van der Waals surface area contributed by atoms with Crippen LogP contribution in [-0.2, 0) is 17.8 Å². The summed E-state index contributed by atoms with van der Waals surface area (Å²) in [5, 5.41) is 0.713. The van der Waals surface area contributed by atoms with E-state index >= 15 is 0 Å². The number of fused-ring (bicyclic) bond motifs is 1. The fourth-order valence-electron chi connectivity index (χ4n) is 4.30. The first kappa shape index (κ1) is 17.4. The van der Waals surface area contributed by atoms with Crippen LogP contribution in [0, 0.1) is 11.8 Å². The second-order valence-electron chi connectivity index (χ2n) is 7.24. The molecule has 1 aliphatic heterocycles. The number of aromatic nitrogens is 2. The van der Waals surface area contributed by atoms with Crippen LogP contribution in [0.15, 0.2) is 36.7 Å². The van der Waals surface area contributed by atoms with Crippen LogP contribution in [0.2, 0.25) is 5.02 Å². The third kappa shape index (κ3) is 3.45. The molecule has 26 heavy (non-hydrogen) atoms. The van der Waals surface area contributed by atoms with Crippen LogP contribution < -0.4 is 4.74 Å². The van der Waals surface area contributed by atoms with E-state index in [0.717, 1.165) is 43.9 Å². The van der Waals surface area contributed by atoms with Gasteiger partial charge in [-0.1, -0.05) is 18.5 Å². The van der Waals surface area contributed by atoms with Gasteiger partial charge in [0, 0.05) is 42.8 Å². The maximum atomic E-state index is 12.7. The van der Waals surface area contributed by atoms with Crippen molar-refractivity contribution in [3.63, 3.8) is 0 Å². The second kappa shape index (κ2) is 7.31. The zero-order valence-corrected chi connectivity index (χ0v) is 15.7. The maximum absolute atomic E-state index is 12.7. The van der Waals surface area contributed by atoms with Gasteiger partial charge >= 0.3 is 0 Å². The van der Waals surface area contributed by atoms with Gasteiger partial charge in [-0.05, 0) is 43.0 Å². The first-order chi connectivity index (χ1) is 12.6. The first-order valence-corrected chi connectivity index (χ1v) is 9.72. The molecule has 2 fully saturated rings. The number of halogens is 1. The minimum Gasteiger partial charge on any atom is -0.490 e. The highest BCUT2D eigenvalue weighted by Crippen LogP contribution is 2.40. The summed E-state index contributed by atoms with van der Waals surface area (Å²) in [4.78, 5) is 19.0. The van der Waals surface area contributed by atoms with E-state index in [9.17, 15) is 4.79 Å². The lowest BCUT2D eigenvalue weighted by Gasteiger charge is -2.22. The number of rotatable bonds is 5. The van der Waals surface area contributed by atoms with E-state index in [-0.39, 0.29) is 12.0 Å². The number of likely N-dealkylation sites (tertiary alicyclic amines) is 1. The fourth-order valence-corrected chi connectivity index (χ4v) is 4.42. The van der Waals surface area contributed by atoms with Crippen LogP contribution in [-0.4, -0.2) is 39.6 Å². The molecule has 1 saturated carbocycles. The largest absolute Gasteiger partial charge is 0.490 e. The Morgan fingerprint density at radius 2 is 2.08 bits per heavy atom. The molecule has 1 aliphatic carbocycles. The molecule has 6 heteroatoms. The summed E-state index contributed by atoms with van der Waals surface area (Å²) >= 11 is 5.95. The molecule has 0 unspecified atom stereocenters. The molecule has 1 aromatic carbocycles. The number of imidazole rings is 1. The Morgan fingerprint density at radius 3 is 2.85 bits per heavy atom. The summed E-state index contributed by atoms with van der Waals surface area (Å²) in [5.41, 5.74) is 0. The Kier molecular flexibility index (Phi) is 4.90. The van der Waals surface area contributed by atoms with E-state index < -0.39 is 0 Å². The predicted octanol–water partition coefficient (Wildman–Crippen LogP) is 3.41. The Labute approximate surface area is 158 Å². The van der Waals surface area contributed by atoms with Gasteiger partial charge in [0.2, 0.25) is 5.91 Å². The van der Waals surface area contributed by atoms with Crippen LogP contribution >= 0.6 is 11.6 Å². The Morgan fingerprint density at radius 1 is 1.27 bits per heavy atom. The molecule has 4 rings (SSSR count). The van der Waals surface area contributed by atoms with Crippen LogP contribution in [0.3, 0.4) is 0 Å². The molecule has 138 valence electrons. The van der Waals surface area contributed by atoms with Crippen molar-refractivity contribution in [1.29, 1.82) is 0 Å². The summed E-state index contributed by atoms with van der Waals surface area (Å²) in [5.74, 6) is 2.96. The number of amides is 1. The lowest BCUT2D eigenvalue weighted by atomic mass is 9.99. The number of benzene rings is 1. The standard InChI is InChI=1S/C20H24ClN3O2/c1-2-19-22-9-10-23(19)13-20(25)24-11-14-3-8-18(17(14)12-24)26-16-6-4-15(21)5-7-16/h4-7,9-10,14,17-18H,2-3,8,11-13H2,1H3/t14-,17+,18-/m0/s1. The number of nitrogens with zero attached hydrogens (tertiary/aromatic N) is 3. The molecule has 3 atom stereocenters. The van der Waals surface area contributed by atoms with Gasteiger partial charge < -0.3 is 14.2 Å². The molecule has 0 bridgehead atoms. The quantitative estimate of drug-likeness (QED) is 0.806. The van der Waals surface area contributed by atoms with Crippen LogP contribution in [0.4, 0.5) is 0 Å². The molecule has 1 saturated heterocycles. The highest BCUT2D eigenvalue weighted by atomic mass is 35.5. The van der Waals surface area contributed by atoms with Crippen molar-refractivity contribution in [2.75, 3.05) is 13.1 Å². The van der Waals surface area contributed by atoms with Crippen LogP contribution in [0.5, 0.6) is 5.75 Å². The molecule has 2 aromatic rings. The number of carbonyl (C=O) groups is 1. The van der Waals surface area contributed by atoms with E-state index in [4.69, 9.17) is 16.3 Å². The average molecular weight is 374 g/mol. The molecule has 0 radical (unpaired) electrons. The zero-order chi connectivity index (χ0) is 18.1. The molecule has 2 aliphatic rings. The SMILES string of the molecule is CCc1nccn1CC(=O)N1C[C@@H]2CC[C@H](Oc3ccc(Cl)cc3)[C@@H]2C1. The van der Waals surface area contributed by atoms with Gasteiger partial charge in [-0.15, -0.1) is 0 Å². The van der Waals surface area contributed by atoms with Crippen LogP contribution in [0.25, 0.3) is 0 Å². The zero-order valence-electron chi connectivity index (χ0n) is 15.0. The van der Waals surface area contributed by atoms with E-state index in [1.165, 1.54) is 0 Å². The van der Waals surface area contributed by atoms with Crippen molar-refractivity contribution in [2.24, 2.45) is 11.8 Å². The number of carbonyl (C=O) groups excluding carboxylic acids is 1. The summed E-state index contributed by atoms with van der Waals surface area (Å²) in [6, 6.07) is 7.53. The van der Waals surface area contributed by atoms with Crippen molar-refractivity contribution >= 4 is 17.5 Å². The van der Waals surface area contributed by atoms with Crippen molar-refractivity contribution in [1.82, 2.24) is 14.5 Å². The highest BCUT2D eigenvalue weighted by molar-refractivity contribution is 6.30. The van der Waals surface area contributed by atoms with Crippen molar-refractivity contribution in [2.45, 2.75) is 38.8 Å². The fraction of sp³-hybridized carbons (Fsp3) is 0.500. The molecule has 2 heterocycles. The van der Waals surface area contributed by atoms with E-state index in [1.807, 2.05) is 39.9 Å². The average Bonchev–Trinajstić information content (AvgIpc) is 3.33. The summed E-state index contributed by atoms with van der Waals surface area (Å²) in [7, 11) is 0. The molecule has 5 nitrogen and oxygen atoms in total. The van der Waals surface area contributed by atoms with Crippen molar-refractivity contribution in [3.05, 3.63) is 47.5 Å². The van der Waals surface area contributed by atoms with Gasteiger partial charge in [0.25, 0.3) is 0 Å². The molecule has 0 N–H and O–H groups in total.